The van der Waals surface area contributed by atoms with E-state index in [9.17, 15) is 10.1 Å². The number of nitrogens with zero attached hydrogens (tertiary/aromatic N) is 4. The molecular formula is C9H13N5O2S. The van der Waals surface area contributed by atoms with Gasteiger partial charge in [0.25, 0.3) is 0 Å². The van der Waals surface area contributed by atoms with Gasteiger partial charge in [0.05, 0.1) is 4.92 Å². The number of nitro groups is 1. The molecule has 1 aromatic rings. The van der Waals surface area contributed by atoms with Crippen molar-refractivity contribution in [2.45, 2.75) is 12.5 Å². The number of anilines is 2. The lowest BCUT2D eigenvalue weighted by Crippen LogP contribution is -2.32. The van der Waals surface area contributed by atoms with Crippen molar-refractivity contribution in [3.63, 3.8) is 0 Å². The van der Waals surface area contributed by atoms with E-state index in [1.165, 1.54) is 6.33 Å². The van der Waals surface area contributed by atoms with Gasteiger partial charge in [0.15, 0.2) is 0 Å². The largest absolute Gasteiger partial charge is 0.378 e. The first-order valence-corrected chi connectivity index (χ1v) is 6.32. The van der Waals surface area contributed by atoms with E-state index in [2.05, 4.69) is 9.97 Å². The molecule has 0 bridgehead atoms. The van der Waals surface area contributed by atoms with Gasteiger partial charge in [-0.05, 0) is 12.2 Å². The third-order valence-corrected chi connectivity index (χ3v) is 3.95. The summed E-state index contributed by atoms with van der Waals surface area (Å²) in [6.07, 6.45) is 2.26. The third kappa shape index (κ3) is 2.26. The molecule has 17 heavy (non-hydrogen) atoms. The highest BCUT2D eigenvalue weighted by Gasteiger charge is 2.29. The highest BCUT2D eigenvalue weighted by molar-refractivity contribution is 7.99. The van der Waals surface area contributed by atoms with Crippen molar-refractivity contribution >= 4 is 29.1 Å². The Hall–Kier alpha value is -1.57. The molecule has 0 saturated carbocycles. The summed E-state index contributed by atoms with van der Waals surface area (Å²) in [5, 5.41) is 11.0. The lowest BCUT2D eigenvalue weighted by atomic mass is 10.2. The Morgan fingerprint density at radius 3 is 3.00 bits per heavy atom. The first-order chi connectivity index (χ1) is 8.11. The number of rotatable bonds is 3. The average molecular weight is 255 g/mol. The summed E-state index contributed by atoms with van der Waals surface area (Å²) >= 11 is 1.84. The lowest BCUT2D eigenvalue weighted by Gasteiger charge is -2.24. The van der Waals surface area contributed by atoms with E-state index in [0.29, 0.717) is 5.82 Å². The predicted octanol–water partition coefficient (Wildman–Crippen LogP) is 0.909. The fraction of sp³-hybridized carbons (Fsp3) is 0.556. The van der Waals surface area contributed by atoms with Crippen molar-refractivity contribution in [1.82, 2.24) is 9.97 Å². The van der Waals surface area contributed by atoms with Crippen molar-refractivity contribution in [3.05, 3.63) is 16.4 Å². The zero-order valence-electron chi connectivity index (χ0n) is 9.37. The summed E-state index contributed by atoms with van der Waals surface area (Å²) in [4.78, 5) is 19.9. The van der Waals surface area contributed by atoms with Crippen LogP contribution in [0.1, 0.15) is 6.42 Å². The minimum Gasteiger partial charge on any atom is -0.378 e. The van der Waals surface area contributed by atoms with Crippen LogP contribution in [0.4, 0.5) is 17.3 Å². The standard InChI is InChI=1S/C9H13N5O2S/c1-13(6-2-3-17-4-6)9-7(14(15)16)8(10)11-5-12-9/h5-6H,2-4H2,1H3,(H2,10,11,12). The number of thioether (sulfide) groups is 1. The van der Waals surface area contributed by atoms with Gasteiger partial charge in [-0.3, -0.25) is 10.1 Å². The van der Waals surface area contributed by atoms with Gasteiger partial charge in [-0.2, -0.15) is 11.8 Å². The Morgan fingerprint density at radius 1 is 1.65 bits per heavy atom. The van der Waals surface area contributed by atoms with Crippen LogP contribution in [0.3, 0.4) is 0 Å². The molecule has 8 heteroatoms. The first-order valence-electron chi connectivity index (χ1n) is 5.16. The maximum absolute atomic E-state index is 11.0. The number of nitrogens with two attached hydrogens (primary N) is 1. The Labute approximate surface area is 103 Å². The molecule has 1 atom stereocenters. The SMILES string of the molecule is CN(c1ncnc(N)c1[N+](=O)[O-])C1CCSC1. The molecular weight excluding hydrogens is 242 g/mol. The minimum atomic E-state index is -0.525. The van der Waals surface area contributed by atoms with E-state index in [0.717, 1.165) is 17.9 Å². The van der Waals surface area contributed by atoms with Gasteiger partial charge in [0.2, 0.25) is 11.6 Å². The third-order valence-electron chi connectivity index (χ3n) is 2.80. The highest BCUT2D eigenvalue weighted by atomic mass is 32.2. The molecule has 1 saturated heterocycles. The van der Waals surface area contributed by atoms with Crippen LogP contribution in [0.25, 0.3) is 0 Å². The van der Waals surface area contributed by atoms with Crippen LogP contribution in [0.15, 0.2) is 6.33 Å². The molecule has 2 heterocycles. The van der Waals surface area contributed by atoms with Crippen LogP contribution in [0.2, 0.25) is 0 Å². The van der Waals surface area contributed by atoms with Gasteiger partial charge in [0, 0.05) is 18.8 Å². The van der Waals surface area contributed by atoms with Crippen LogP contribution < -0.4 is 10.6 Å². The molecule has 1 aliphatic heterocycles. The molecule has 0 amide bonds. The van der Waals surface area contributed by atoms with Gasteiger partial charge >= 0.3 is 5.69 Å². The maximum atomic E-state index is 11.0. The van der Waals surface area contributed by atoms with Gasteiger partial charge in [-0.15, -0.1) is 0 Å². The number of aromatic nitrogens is 2. The lowest BCUT2D eigenvalue weighted by molar-refractivity contribution is -0.383. The van der Waals surface area contributed by atoms with Crippen LogP contribution in [-0.4, -0.2) is 39.5 Å². The van der Waals surface area contributed by atoms with Crippen LogP contribution >= 0.6 is 11.8 Å². The molecule has 1 aromatic heterocycles. The number of hydrogen-bond donors (Lipinski definition) is 1. The van der Waals surface area contributed by atoms with E-state index >= 15 is 0 Å². The molecule has 7 nitrogen and oxygen atoms in total. The molecule has 1 fully saturated rings. The minimum absolute atomic E-state index is 0.0856. The average Bonchev–Trinajstić information content (AvgIpc) is 2.80. The zero-order chi connectivity index (χ0) is 12.4. The second kappa shape index (κ2) is 4.74. The van der Waals surface area contributed by atoms with Crippen LogP contribution in [0.5, 0.6) is 0 Å². The Balaban J connectivity index is 2.36. The van der Waals surface area contributed by atoms with E-state index in [4.69, 9.17) is 5.73 Å². The van der Waals surface area contributed by atoms with E-state index in [-0.39, 0.29) is 17.5 Å². The molecule has 0 aromatic carbocycles. The Kier molecular flexibility index (Phi) is 3.32. The van der Waals surface area contributed by atoms with E-state index in [1.54, 1.807) is 0 Å². The van der Waals surface area contributed by atoms with Crippen LogP contribution in [-0.2, 0) is 0 Å². The topological polar surface area (TPSA) is 98.2 Å². The summed E-state index contributed by atoms with van der Waals surface area (Å²) < 4.78 is 0. The van der Waals surface area contributed by atoms with Crippen molar-refractivity contribution in [1.29, 1.82) is 0 Å². The Morgan fingerprint density at radius 2 is 2.41 bits per heavy atom. The summed E-state index contributed by atoms with van der Waals surface area (Å²) in [6, 6.07) is 0.271. The fourth-order valence-electron chi connectivity index (χ4n) is 1.82. The first kappa shape index (κ1) is 11.9. The Bertz CT molecular complexity index is 435. The highest BCUT2D eigenvalue weighted by Crippen LogP contribution is 2.32. The van der Waals surface area contributed by atoms with Gasteiger partial charge in [0.1, 0.15) is 6.33 Å². The van der Waals surface area contributed by atoms with Gasteiger partial charge in [-0.25, -0.2) is 9.97 Å². The molecule has 0 radical (unpaired) electrons. The van der Waals surface area contributed by atoms with Crippen molar-refractivity contribution < 1.29 is 4.92 Å². The van der Waals surface area contributed by atoms with Crippen molar-refractivity contribution in [2.24, 2.45) is 0 Å². The molecule has 0 spiro atoms. The summed E-state index contributed by atoms with van der Waals surface area (Å²) in [6.45, 7) is 0. The van der Waals surface area contributed by atoms with Crippen molar-refractivity contribution in [3.8, 4) is 0 Å². The maximum Gasteiger partial charge on any atom is 0.353 e. The molecule has 92 valence electrons. The number of nitrogen functional groups attached to an aromatic ring is 1. The molecule has 2 N–H and O–H groups in total. The zero-order valence-corrected chi connectivity index (χ0v) is 10.2. The van der Waals surface area contributed by atoms with E-state index < -0.39 is 4.92 Å². The van der Waals surface area contributed by atoms with Gasteiger partial charge in [-0.1, -0.05) is 0 Å². The molecule has 1 unspecified atom stereocenters. The summed E-state index contributed by atoms with van der Waals surface area (Å²) in [5.74, 6) is 2.24. The molecule has 2 rings (SSSR count). The van der Waals surface area contributed by atoms with Gasteiger partial charge < -0.3 is 10.6 Å². The summed E-state index contributed by atoms with van der Waals surface area (Å²) in [7, 11) is 1.81. The monoisotopic (exact) mass is 255 g/mol. The quantitative estimate of drug-likeness (QED) is 0.633. The second-order valence-corrected chi connectivity index (χ2v) is 4.97. The molecule has 1 aliphatic rings. The summed E-state index contributed by atoms with van der Waals surface area (Å²) in [5.41, 5.74) is 5.33. The smallest absolute Gasteiger partial charge is 0.353 e. The number of hydrogen-bond acceptors (Lipinski definition) is 7. The van der Waals surface area contributed by atoms with Crippen LogP contribution in [0, 0.1) is 10.1 Å². The molecule has 0 aliphatic carbocycles. The second-order valence-electron chi connectivity index (χ2n) is 3.82. The van der Waals surface area contributed by atoms with E-state index in [1.807, 2.05) is 23.7 Å². The van der Waals surface area contributed by atoms with Crippen molar-refractivity contribution in [2.75, 3.05) is 29.2 Å². The fourth-order valence-corrected chi connectivity index (χ4v) is 3.08. The predicted molar refractivity (Wildman–Crippen MR) is 67.2 cm³/mol. The normalized spacial score (nSPS) is 19.2.